The second-order valence-electron chi connectivity index (χ2n) is 5.75. The normalized spacial score (nSPS) is 16.2. The lowest BCUT2D eigenvalue weighted by Crippen LogP contribution is -2.33. The lowest BCUT2D eigenvalue weighted by molar-refractivity contribution is 0.0592. The van der Waals surface area contributed by atoms with Crippen LogP contribution in [0.2, 0.25) is 10.3 Å². The molecular formula is C16H16Cl2N4O3. The number of pyridine rings is 1. The summed E-state index contributed by atoms with van der Waals surface area (Å²) in [6, 6.07) is 2.87. The number of aromatic nitrogens is 3. The van der Waals surface area contributed by atoms with E-state index in [0.29, 0.717) is 17.7 Å². The summed E-state index contributed by atoms with van der Waals surface area (Å²) in [6.45, 7) is 2.39. The van der Waals surface area contributed by atoms with Gasteiger partial charge in [-0.15, -0.1) is 0 Å². The molecule has 7 nitrogen and oxygen atoms in total. The molecule has 2 aromatic rings. The van der Waals surface area contributed by atoms with Crippen LogP contribution in [-0.2, 0) is 11.3 Å². The van der Waals surface area contributed by atoms with Gasteiger partial charge in [0.2, 0.25) is 0 Å². The monoisotopic (exact) mass is 382 g/mol. The molecule has 9 heteroatoms. The molecule has 0 saturated carbocycles. The van der Waals surface area contributed by atoms with Crippen LogP contribution in [0.4, 0.5) is 0 Å². The summed E-state index contributed by atoms with van der Waals surface area (Å²) in [7, 11) is 1.31. The number of fused-ring (bicyclic) bond motifs is 1. The zero-order valence-electron chi connectivity index (χ0n) is 13.7. The van der Waals surface area contributed by atoms with Gasteiger partial charge in [0.05, 0.1) is 18.8 Å². The van der Waals surface area contributed by atoms with Crippen LogP contribution < -0.4 is 5.32 Å². The van der Waals surface area contributed by atoms with Crippen LogP contribution in [0.3, 0.4) is 0 Å². The molecule has 3 heterocycles. The van der Waals surface area contributed by atoms with Crippen molar-refractivity contribution in [3.63, 3.8) is 0 Å². The SMILES string of the molecule is COC(=O)c1cc2n(n1)CCCC2NC(=O)c1cc(Cl)nc(Cl)c1C. The van der Waals surface area contributed by atoms with E-state index in [1.165, 1.54) is 13.2 Å². The van der Waals surface area contributed by atoms with Gasteiger partial charge < -0.3 is 10.1 Å². The van der Waals surface area contributed by atoms with E-state index in [4.69, 9.17) is 27.9 Å². The predicted octanol–water partition coefficient (Wildman–Crippen LogP) is 2.94. The molecule has 1 N–H and O–H groups in total. The van der Waals surface area contributed by atoms with Crippen molar-refractivity contribution in [1.82, 2.24) is 20.1 Å². The van der Waals surface area contributed by atoms with Crippen LogP contribution in [-0.4, -0.2) is 33.8 Å². The van der Waals surface area contributed by atoms with Crippen molar-refractivity contribution in [1.29, 1.82) is 0 Å². The molecule has 3 rings (SSSR count). The highest BCUT2D eigenvalue weighted by Crippen LogP contribution is 2.27. The average Bonchev–Trinajstić information content (AvgIpc) is 3.02. The van der Waals surface area contributed by atoms with Gasteiger partial charge in [0, 0.05) is 12.1 Å². The van der Waals surface area contributed by atoms with Crippen LogP contribution in [0.25, 0.3) is 0 Å². The van der Waals surface area contributed by atoms with Gasteiger partial charge in [-0.3, -0.25) is 9.48 Å². The van der Waals surface area contributed by atoms with E-state index < -0.39 is 5.97 Å². The summed E-state index contributed by atoms with van der Waals surface area (Å²) in [4.78, 5) is 28.3. The first-order valence-corrected chi connectivity index (χ1v) is 8.46. The summed E-state index contributed by atoms with van der Waals surface area (Å²) in [5.41, 5.74) is 1.92. The van der Waals surface area contributed by atoms with Gasteiger partial charge in [-0.2, -0.15) is 5.10 Å². The maximum Gasteiger partial charge on any atom is 0.358 e. The van der Waals surface area contributed by atoms with E-state index in [2.05, 4.69) is 15.4 Å². The summed E-state index contributed by atoms with van der Waals surface area (Å²) in [5.74, 6) is -0.807. The van der Waals surface area contributed by atoms with Crippen LogP contribution in [0.15, 0.2) is 12.1 Å². The first-order chi connectivity index (χ1) is 11.9. The topological polar surface area (TPSA) is 86.1 Å². The largest absolute Gasteiger partial charge is 0.464 e. The number of hydrogen-bond acceptors (Lipinski definition) is 5. The van der Waals surface area contributed by atoms with Crippen molar-refractivity contribution in [2.75, 3.05) is 7.11 Å². The third-order valence-corrected chi connectivity index (χ3v) is 4.72. The average molecular weight is 383 g/mol. The fourth-order valence-corrected chi connectivity index (χ4v) is 3.28. The highest BCUT2D eigenvalue weighted by atomic mass is 35.5. The zero-order valence-corrected chi connectivity index (χ0v) is 15.2. The molecule has 132 valence electrons. The van der Waals surface area contributed by atoms with Crippen molar-refractivity contribution >= 4 is 35.1 Å². The minimum atomic E-state index is -0.504. The van der Waals surface area contributed by atoms with Gasteiger partial charge >= 0.3 is 5.97 Å². The Morgan fingerprint density at radius 1 is 1.36 bits per heavy atom. The fraction of sp³-hybridized carbons (Fsp3) is 0.375. The van der Waals surface area contributed by atoms with Gasteiger partial charge in [0.1, 0.15) is 10.3 Å². The summed E-state index contributed by atoms with van der Waals surface area (Å²) in [5, 5.41) is 7.54. The molecule has 0 radical (unpaired) electrons. The van der Waals surface area contributed by atoms with Gasteiger partial charge in [0.25, 0.3) is 5.91 Å². The van der Waals surface area contributed by atoms with Crippen LogP contribution in [0.5, 0.6) is 0 Å². The van der Waals surface area contributed by atoms with Crippen molar-refractivity contribution in [3.05, 3.63) is 45.0 Å². The van der Waals surface area contributed by atoms with Gasteiger partial charge in [0.15, 0.2) is 5.69 Å². The first kappa shape index (κ1) is 17.7. The molecule has 0 aliphatic carbocycles. The molecule has 2 aromatic heterocycles. The minimum absolute atomic E-state index is 0.155. The Kier molecular flexibility index (Phi) is 4.96. The Hall–Kier alpha value is -2.12. The molecule has 0 fully saturated rings. The summed E-state index contributed by atoms with van der Waals surface area (Å²) >= 11 is 11.9. The highest BCUT2D eigenvalue weighted by Gasteiger charge is 2.27. The number of amides is 1. The molecule has 0 aromatic carbocycles. The molecule has 1 aliphatic rings. The number of nitrogens with one attached hydrogen (secondary N) is 1. The molecule has 25 heavy (non-hydrogen) atoms. The Bertz CT molecular complexity index is 850. The smallest absolute Gasteiger partial charge is 0.358 e. The molecule has 0 spiro atoms. The van der Waals surface area contributed by atoms with Gasteiger partial charge in [-0.1, -0.05) is 23.2 Å². The van der Waals surface area contributed by atoms with Crippen molar-refractivity contribution < 1.29 is 14.3 Å². The van der Waals surface area contributed by atoms with E-state index in [1.54, 1.807) is 17.7 Å². The fourth-order valence-electron chi connectivity index (χ4n) is 2.85. The maximum atomic E-state index is 12.7. The predicted molar refractivity (Wildman–Crippen MR) is 92.0 cm³/mol. The second-order valence-corrected chi connectivity index (χ2v) is 6.49. The molecule has 1 unspecified atom stereocenters. The summed E-state index contributed by atoms with van der Waals surface area (Å²) in [6.07, 6.45) is 1.57. The number of methoxy groups -OCH3 is 1. The van der Waals surface area contributed by atoms with Crippen molar-refractivity contribution in [2.24, 2.45) is 0 Å². The van der Waals surface area contributed by atoms with E-state index in [0.717, 1.165) is 18.5 Å². The van der Waals surface area contributed by atoms with Crippen LogP contribution in [0, 0.1) is 6.92 Å². The number of aryl methyl sites for hydroxylation is 1. The Balaban J connectivity index is 1.87. The molecule has 1 amide bonds. The van der Waals surface area contributed by atoms with Crippen LogP contribution >= 0.6 is 23.2 Å². The van der Waals surface area contributed by atoms with E-state index in [1.807, 2.05) is 0 Å². The second kappa shape index (κ2) is 7.01. The van der Waals surface area contributed by atoms with Gasteiger partial charge in [-0.05, 0) is 37.5 Å². The maximum absolute atomic E-state index is 12.7. The number of halogens is 2. The molecule has 1 atom stereocenters. The lowest BCUT2D eigenvalue weighted by Gasteiger charge is -2.24. The number of ether oxygens (including phenoxy) is 1. The number of carbonyl (C=O) groups excluding carboxylic acids is 2. The molecule has 0 bridgehead atoms. The van der Waals surface area contributed by atoms with Gasteiger partial charge in [-0.25, -0.2) is 9.78 Å². The summed E-state index contributed by atoms with van der Waals surface area (Å²) < 4.78 is 6.43. The third kappa shape index (κ3) is 3.48. The standard InChI is InChI=1S/C16H16Cl2N4O3/c1-8-9(6-13(17)20-14(8)18)15(23)19-10-4-3-5-22-12(10)7-11(21-22)16(24)25-2/h6-7,10H,3-5H2,1-2H3,(H,19,23). The quantitative estimate of drug-likeness (QED) is 0.651. The Morgan fingerprint density at radius 3 is 2.84 bits per heavy atom. The number of carbonyl (C=O) groups is 2. The minimum Gasteiger partial charge on any atom is -0.464 e. The zero-order chi connectivity index (χ0) is 18.1. The van der Waals surface area contributed by atoms with Crippen molar-refractivity contribution in [2.45, 2.75) is 32.4 Å². The third-order valence-electron chi connectivity index (χ3n) is 4.16. The first-order valence-electron chi connectivity index (χ1n) is 7.70. The van der Waals surface area contributed by atoms with E-state index in [-0.39, 0.29) is 27.9 Å². The highest BCUT2D eigenvalue weighted by molar-refractivity contribution is 6.33. The number of hydrogen-bond donors (Lipinski definition) is 1. The molecule has 0 saturated heterocycles. The number of rotatable bonds is 3. The van der Waals surface area contributed by atoms with Crippen molar-refractivity contribution in [3.8, 4) is 0 Å². The number of esters is 1. The van der Waals surface area contributed by atoms with Crippen LogP contribution in [0.1, 0.15) is 51.0 Å². The Labute approximate surface area is 154 Å². The Morgan fingerprint density at radius 2 is 2.12 bits per heavy atom. The molecule has 1 aliphatic heterocycles. The number of nitrogens with zero attached hydrogens (tertiary/aromatic N) is 3. The van der Waals surface area contributed by atoms with E-state index >= 15 is 0 Å². The molecular weight excluding hydrogens is 367 g/mol. The van der Waals surface area contributed by atoms with E-state index in [9.17, 15) is 9.59 Å². The lowest BCUT2D eigenvalue weighted by atomic mass is 10.0.